The molecule has 0 aliphatic carbocycles. The van der Waals surface area contributed by atoms with Crippen LogP contribution < -0.4 is 5.32 Å². The predicted molar refractivity (Wildman–Crippen MR) is 89.1 cm³/mol. The van der Waals surface area contributed by atoms with Gasteiger partial charge in [-0.25, -0.2) is 9.78 Å². The van der Waals surface area contributed by atoms with E-state index in [0.717, 1.165) is 17.1 Å². The number of aromatic nitrogens is 1. The molecule has 0 aromatic carbocycles. The minimum absolute atomic E-state index is 0.0194. The second-order valence-corrected chi connectivity index (χ2v) is 8.16. The van der Waals surface area contributed by atoms with E-state index in [9.17, 15) is 9.90 Å². The number of rotatable bonds is 2. The summed E-state index contributed by atoms with van der Waals surface area (Å²) in [5, 5.41) is 15.9. The Morgan fingerprint density at radius 3 is 2.77 bits per heavy atom. The number of urea groups is 1. The number of carbonyl (C=O) groups is 1. The van der Waals surface area contributed by atoms with Crippen LogP contribution in [0.5, 0.6) is 0 Å². The molecular formula is C16H27N3O2S. The molecule has 0 spiro atoms. The molecule has 0 saturated carbocycles. The van der Waals surface area contributed by atoms with Crippen molar-refractivity contribution < 1.29 is 9.90 Å². The first-order valence-corrected chi connectivity index (χ1v) is 8.76. The molecular weight excluding hydrogens is 298 g/mol. The van der Waals surface area contributed by atoms with Gasteiger partial charge in [-0.1, -0.05) is 27.7 Å². The second kappa shape index (κ2) is 6.54. The van der Waals surface area contributed by atoms with E-state index in [-0.39, 0.29) is 23.4 Å². The van der Waals surface area contributed by atoms with Crippen molar-refractivity contribution in [2.24, 2.45) is 5.92 Å². The Balaban J connectivity index is 1.95. The Kier molecular flexibility index (Phi) is 5.12. The van der Waals surface area contributed by atoms with E-state index in [1.165, 1.54) is 0 Å². The molecule has 22 heavy (non-hydrogen) atoms. The van der Waals surface area contributed by atoms with E-state index in [2.05, 4.69) is 36.5 Å². The minimum Gasteiger partial charge on any atom is -0.391 e. The van der Waals surface area contributed by atoms with Gasteiger partial charge in [-0.3, -0.25) is 0 Å². The highest BCUT2D eigenvalue weighted by Gasteiger charge is 2.28. The molecule has 1 saturated heterocycles. The third kappa shape index (κ3) is 3.98. The average Bonchev–Trinajstić information content (AvgIpc) is 2.91. The lowest BCUT2D eigenvalue weighted by atomic mass is 9.93. The quantitative estimate of drug-likeness (QED) is 0.878. The number of aliphatic hydroxyl groups excluding tert-OH is 1. The van der Waals surface area contributed by atoms with E-state index in [1.54, 1.807) is 16.2 Å². The SMILES string of the molecule is CC(NC(=O)N1CCC(C)C(O)C1)c1nc(C(C)(C)C)cs1. The molecule has 5 nitrogen and oxygen atoms in total. The van der Waals surface area contributed by atoms with Crippen LogP contribution in [-0.2, 0) is 5.41 Å². The molecule has 1 aliphatic heterocycles. The van der Waals surface area contributed by atoms with Crippen LogP contribution >= 0.6 is 11.3 Å². The Labute approximate surface area is 136 Å². The molecule has 1 aromatic heterocycles. The number of aliphatic hydroxyl groups is 1. The molecule has 3 atom stereocenters. The number of nitrogens with zero attached hydrogens (tertiary/aromatic N) is 2. The number of nitrogens with one attached hydrogen (secondary N) is 1. The maximum absolute atomic E-state index is 12.3. The van der Waals surface area contributed by atoms with Gasteiger partial charge in [0.2, 0.25) is 0 Å². The van der Waals surface area contributed by atoms with E-state index in [4.69, 9.17) is 0 Å². The number of thiazole rings is 1. The van der Waals surface area contributed by atoms with Crippen LogP contribution in [0.15, 0.2) is 5.38 Å². The Bertz CT molecular complexity index is 524. The van der Waals surface area contributed by atoms with E-state index >= 15 is 0 Å². The summed E-state index contributed by atoms with van der Waals surface area (Å²) in [5.74, 6) is 0.259. The summed E-state index contributed by atoms with van der Waals surface area (Å²) in [6.45, 7) is 11.5. The van der Waals surface area contributed by atoms with Crippen LogP contribution in [-0.4, -0.2) is 40.2 Å². The highest BCUT2D eigenvalue weighted by molar-refractivity contribution is 7.09. The largest absolute Gasteiger partial charge is 0.391 e. The number of amides is 2. The van der Waals surface area contributed by atoms with Gasteiger partial charge in [0.25, 0.3) is 0 Å². The van der Waals surface area contributed by atoms with E-state index < -0.39 is 6.10 Å². The van der Waals surface area contributed by atoms with Gasteiger partial charge in [0.1, 0.15) is 5.01 Å². The van der Waals surface area contributed by atoms with Crippen molar-refractivity contribution in [3.8, 4) is 0 Å². The van der Waals surface area contributed by atoms with Crippen molar-refractivity contribution in [1.82, 2.24) is 15.2 Å². The van der Waals surface area contributed by atoms with E-state index in [0.29, 0.717) is 13.1 Å². The zero-order valence-corrected chi connectivity index (χ0v) is 14.9. The lowest BCUT2D eigenvalue weighted by Crippen LogP contribution is -2.50. The number of likely N-dealkylation sites (tertiary alicyclic amines) is 1. The summed E-state index contributed by atoms with van der Waals surface area (Å²) in [7, 11) is 0. The fourth-order valence-electron chi connectivity index (χ4n) is 2.40. The molecule has 1 aromatic rings. The molecule has 2 amide bonds. The molecule has 1 aliphatic rings. The smallest absolute Gasteiger partial charge is 0.318 e. The number of hydrogen-bond acceptors (Lipinski definition) is 4. The van der Waals surface area contributed by atoms with Crippen LogP contribution in [0.3, 0.4) is 0 Å². The van der Waals surface area contributed by atoms with Crippen molar-refractivity contribution in [3.63, 3.8) is 0 Å². The van der Waals surface area contributed by atoms with E-state index in [1.807, 2.05) is 13.8 Å². The van der Waals surface area contributed by atoms with Gasteiger partial charge < -0.3 is 15.3 Å². The normalized spacial score (nSPS) is 24.2. The monoisotopic (exact) mass is 325 g/mol. The maximum Gasteiger partial charge on any atom is 0.318 e. The van der Waals surface area contributed by atoms with Gasteiger partial charge >= 0.3 is 6.03 Å². The zero-order chi connectivity index (χ0) is 16.5. The fraction of sp³-hybridized carbons (Fsp3) is 0.750. The van der Waals surface area contributed by atoms with Gasteiger partial charge in [0, 0.05) is 23.9 Å². The Hall–Kier alpha value is -1.14. The first kappa shape index (κ1) is 17.2. The maximum atomic E-state index is 12.3. The fourth-order valence-corrected chi connectivity index (χ4v) is 3.46. The lowest BCUT2D eigenvalue weighted by Gasteiger charge is -2.34. The van der Waals surface area contributed by atoms with Crippen molar-refractivity contribution in [1.29, 1.82) is 0 Å². The first-order valence-electron chi connectivity index (χ1n) is 7.88. The number of piperidine rings is 1. The molecule has 3 unspecified atom stereocenters. The van der Waals surface area contributed by atoms with Gasteiger partial charge in [-0.05, 0) is 19.3 Å². The van der Waals surface area contributed by atoms with Crippen molar-refractivity contribution in [3.05, 3.63) is 16.1 Å². The topological polar surface area (TPSA) is 65.5 Å². The number of β-amino-alcohol motifs (C(OH)–C–C–N with tert-alkyl or cyclic N) is 1. The molecule has 0 radical (unpaired) electrons. The number of hydrogen-bond donors (Lipinski definition) is 2. The summed E-state index contributed by atoms with van der Waals surface area (Å²) >= 11 is 1.58. The van der Waals surface area contributed by atoms with Gasteiger partial charge in [-0.15, -0.1) is 11.3 Å². The molecule has 2 heterocycles. The summed E-state index contributed by atoms with van der Waals surface area (Å²) in [6.07, 6.45) is 0.413. The van der Waals surface area contributed by atoms with Crippen LogP contribution in [0.1, 0.15) is 57.8 Å². The van der Waals surface area contributed by atoms with Crippen LogP contribution in [0, 0.1) is 5.92 Å². The molecule has 124 valence electrons. The second-order valence-electron chi connectivity index (χ2n) is 7.27. The first-order chi connectivity index (χ1) is 10.2. The van der Waals surface area contributed by atoms with Gasteiger partial charge in [-0.2, -0.15) is 0 Å². The molecule has 1 fully saturated rings. The number of carbonyl (C=O) groups excluding carboxylic acids is 1. The molecule has 2 N–H and O–H groups in total. The zero-order valence-electron chi connectivity index (χ0n) is 14.1. The van der Waals surface area contributed by atoms with Crippen molar-refractivity contribution in [2.45, 2.75) is 58.6 Å². The Morgan fingerprint density at radius 1 is 1.55 bits per heavy atom. The summed E-state index contributed by atoms with van der Waals surface area (Å²) < 4.78 is 0. The molecule has 0 bridgehead atoms. The van der Waals surface area contributed by atoms with Gasteiger partial charge in [0.15, 0.2) is 0 Å². The molecule has 6 heteroatoms. The van der Waals surface area contributed by atoms with Crippen molar-refractivity contribution >= 4 is 17.4 Å². The van der Waals surface area contributed by atoms with Crippen LogP contribution in [0.4, 0.5) is 4.79 Å². The predicted octanol–water partition coefficient (Wildman–Crippen LogP) is 2.91. The third-order valence-corrected chi connectivity index (χ3v) is 5.23. The Morgan fingerprint density at radius 2 is 2.23 bits per heavy atom. The van der Waals surface area contributed by atoms with Crippen LogP contribution in [0.25, 0.3) is 0 Å². The van der Waals surface area contributed by atoms with Gasteiger partial charge in [0.05, 0.1) is 17.8 Å². The van der Waals surface area contributed by atoms with Crippen LogP contribution in [0.2, 0.25) is 0 Å². The lowest BCUT2D eigenvalue weighted by molar-refractivity contribution is 0.0431. The highest BCUT2D eigenvalue weighted by atomic mass is 32.1. The summed E-state index contributed by atoms with van der Waals surface area (Å²) in [4.78, 5) is 18.7. The summed E-state index contributed by atoms with van der Waals surface area (Å²) in [6, 6.07) is -0.240. The highest BCUT2D eigenvalue weighted by Crippen LogP contribution is 2.27. The van der Waals surface area contributed by atoms with Crippen molar-refractivity contribution in [2.75, 3.05) is 13.1 Å². The molecule has 2 rings (SSSR count). The standard InChI is InChI=1S/C16H27N3O2S/c1-10-6-7-19(8-12(10)20)15(21)17-11(2)14-18-13(9-22-14)16(3,4)5/h9-12,20H,6-8H2,1-5H3,(H,17,21). The average molecular weight is 325 g/mol. The summed E-state index contributed by atoms with van der Waals surface area (Å²) in [5.41, 5.74) is 1.07. The minimum atomic E-state index is -0.429. The third-order valence-electron chi connectivity index (χ3n) is 4.21.